The van der Waals surface area contributed by atoms with Gasteiger partial charge in [-0.25, -0.2) is 0 Å². The molecule has 1 aromatic heterocycles. The zero-order valence-electron chi connectivity index (χ0n) is 11.5. The summed E-state index contributed by atoms with van der Waals surface area (Å²) in [6.45, 7) is 3.20. The number of rotatable bonds is 5. The molecular formula is C15H17BrN2O2. The van der Waals surface area contributed by atoms with Crippen LogP contribution in [0, 0.1) is 0 Å². The van der Waals surface area contributed by atoms with Crippen LogP contribution in [0.1, 0.15) is 23.0 Å². The van der Waals surface area contributed by atoms with E-state index in [2.05, 4.69) is 21.2 Å². The summed E-state index contributed by atoms with van der Waals surface area (Å²) in [4.78, 5) is 12.2. The lowest BCUT2D eigenvalue weighted by Crippen LogP contribution is -2.25. The van der Waals surface area contributed by atoms with Gasteiger partial charge in [-0.1, -0.05) is 18.2 Å². The van der Waals surface area contributed by atoms with Gasteiger partial charge in [-0.15, -0.1) is 0 Å². The molecule has 1 amide bonds. The molecule has 1 heterocycles. The van der Waals surface area contributed by atoms with E-state index in [-0.39, 0.29) is 5.91 Å². The molecule has 4 nitrogen and oxygen atoms in total. The Bertz CT molecular complexity index is 608. The van der Waals surface area contributed by atoms with E-state index in [1.54, 1.807) is 7.11 Å². The maximum Gasteiger partial charge on any atom is 0.268 e. The number of aryl methyl sites for hydroxylation is 1. The van der Waals surface area contributed by atoms with Gasteiger partial charge in [0.1, 0.15) is 11.4 Å². The summed E-state index contributed by atoms with van der Waals surface area (Å²) in [5, 5.41) is 2.92. The number of carbonyl (C=O) groups excluding carboxylic acids is 1. The van der Waals surface area contributed by atoms with E-state index in [1.807, 2.05) is 48.0 Å². The molecule has 1 N–H and O–H groups in total. The van der Waals surface area contributed by atoms with E-state index in [1.165, 1.54) is 0 Å². The maximum atomic E-state index is 12.2. The van der Waals surface area contributed by atoms with Gasteiger partial charge in [0.25, 0.3) is 5.91 Å². The van der Waals surface area contributed by atoms with Gasteiger partial charge in [-0.05, 0) is 35.0 Å². The summed E-state index contributed by atoms with van der Waals surface area (Å²) < 4.78 is 8.08. The van der Waals surface area contributed by atoms with Crippen molar-refractivity contribution in [3.63, 3.8) is 0 Å². The Balaban J connectivity index is 2.08. The van der Waals surface area contributed by atoms with Crippen molar-refractivity contribution in [1.82, 2.24) is 9.88 Å². The first kappa shape index (κ1) is 14.7. The Hall–Kier alpha value is -1.75. The quantitative estimate of drug-likeness (QED) is 0.910. The molecular weight excluding hydrogens is 320 g/mol. The Kier molecular flexibility index (Phi) is 4.84. The van der Waals surface area contributed by atoms with Crippen LogP contribution in [0.2, 0.25) is 0 Å². The highest BCUT2D eigenvalue weighted by Gasteiger charge is 2.12. The van der Waals surface area contributed by atoms with Gasteiger partial charge in [-0.2, -0.15) is 0 Å². The molecule has 2 rings (SSSR count). The first-order valence-corrected chi connectivity index (χ1v) is 7.20. The number of ether oxygens (including phenoxy) is 1. The Morgan fingerprint density at radius 2 is 2.15 bits per heavy atom. The molecule has 5 heteroatoms. The van der Waals surface area contributed by atoms with Crippen LogP contribution in [-0.4, -0.2) is 17.6 Å². The lowest BCUT2D eigenvalue weighted by atomic mass is 10.2. The van der Waals surface area contributed by atoms with Crippen molar-refractivity contribution in [2.24, 2.45) is 0 Å². The van der Waals surface area contributed by atoms with E-state index < -0.39 is 0 Å². The second-order valence-corrected chi connectivity index (χ2v) is 5.24. The fraction of sp³-hybridized carbons (Fsp3) is 0.267. The third-order valence-corrected chi connectivity index (χ3v) is 3.50. The third-order valence-electron chi connectivity index (χ3n) is 3.07. The minimum Gasteiger partial charge on any atom is -0.496 e. The van der Waals surface area contributed by atoms with Crippen LogP contribution in [0.3, 0.4) is 0 Å². The molecule has 0 spiro atoms. The van der Waals surface area contributed by atoms with Gasteiger partial charge in [-0.3, -0.25) is 4.79 Å². The molecule has 106 valence electrons. The summed E-state index contributed by atoms with van der Waals surface area (Å²) in [5.41, 5.74) is 1.60. The number of carbonyl (C=O) groups is 1. The van der Waals surface area contributed by atoms with Crippen molar-refractivity contribution in [3.05, 3.63) is 52.3 Å². The minimum atomic E-state index is -0.0940. The van der Waals surface area contributed by atoms with E-state index in [9.17, 15) is 4.79 Å². The van der Waals surface area contributed by atoms with E-state index in [4.69, 9.17) is 4.74 Å². The first-order chi connectivity index (χ1) is 9.65. The number of aromatic nitrogens is 1. The Morgan fingerprint density at radius 1 is 1.40 bits per heavy atom. The van der Waals surface area contributed by atoms with Crippen LogP contribution >= 0.6 is 15.9 Å². The van der Waals surface area contributed by atoms with Crippen LogP contribution in [0.4, 0.5) is 0 Å². The number of amides is 1. The number of nitrogens with one attached hydrogen (secondary N) is 1. The third kappa shape index (κ3) is 3.22. The molecule has 0 unspecified atom stereocenters. The Morgan fingerprint density at radius 3 is 2.85 bits per heavy atom. The summed E-state index contributed by atoms with van der Waals surface area (Å²) in [6.07, 6.45) is 1.90. The van der Waals surface area contributed by atoms with Crippen LogP contribution in [0.25, 0.3) is 0 Å². The fourth-order valence-corrected chi connectivity index (χ4v) is 2.51. The van der Waals surface area contributed by atoms with E-state index >= 15 is 0 Å². The molecule has 0 saturated carbocycles. The summed E-state index contributed by atoms with van der Waals surface area (Å²) in [7, 11) is 1.63. The van der Waals surface area contributed by atoms with Gasteiger partial charge in [0, 0.05) is 29.3 Å². The van der Waals surface area contributed by atoms with Crippen LogP contribution in [-0.2, 0) is 13.1 Å². The van der Waals surface area contributed by atoms with Gasteiger partial charge in [0.2, 0.25) is 0 Å². The average molecular weight is 337 g/mol. The molecule has 0 aliphatic carbocycles. The van der Waals surface area contributed by atoms with Crippen molar-refractivity contribution in [2.75, 3.05) is 7.11 Å². The van der Waals surface area contributed by atoms with Gasteiger partial charge < -0.3 is 14.6 Å². The first-order valence-electron chi connectivity index (χ1n) is 6.41. The molecule has 0 saturated heterocycles. The zero-order chi connectivity index (χ0) is 14.5. The topological polar surface area (TPSA) is 43.3 Å². The van der Waals surface area contributed by atoms with Gasteiger partial charge >= 0.3 is 0 Å². The SMILES string of the molecule is CCn1cc(Br)cc1C(=O)NCc1ccccc1OC. The van der Waals surface area contributed by atoms with Crippen molar-refractivity contribution < 1.29 is 9.53 Å². The molecule has 20 heavy (non-hydrogen) atoms. The van der Waals surface area contributed by atoms with Crippen molar-refractivity contribution in [3.8, 4) is 5.75 Å². The highest BCUT2D eigenvalue weighted by molar-refractivity contribution is 9.10. The fourth-order valence-electron chi connectivity index (χ4n) is 2.04. The average Bonchev–Trinajstić information content (AvgIpc) is 2.86. The van der Waals surface area contributed by atoms with E-state index in [0.717, 1.165) is 22.3 Å². The smallest absolute Gasteiger partial charge is 0.268 e. The molecule has 0 bridgehead atoms. The predicted octanol–water partition coefficient (Wildman–Crippen LogP) is 3.21. The lowest BCUT2D eigenvalue weighted by molar-refractivity contribution is 0.0941. The van der Waals surface area contributed by atoms with Crippen LogP contribution in [0.5, 0.6) is 5.75 Å². The Labute approximate surface area is 126 Å². The second kappa shape index (κ2) is 6.61. The van der Waals surface area contributed by atoms with E-state index in [0.29, 0.717) is 12.2 Å². The highest BCUT2D eigenvalue weighted by Crippen LogP contribution is 2.18. The van der Waals surface area contributed by atoms with Gasteiger partial charge in [0.05, 0.1) is 7.11 Å². The largest absolute Gasteiger partial charge is 0.496 e. The van der Waals surface area contributed by atoms with Crippen molar-refractivity contribution in [1.29, 1.82) is 0 Å². The number of halogens is 1. The molecule has 0 aliphatic rings. The predicted molar refractivity (Wildman–Crippen MR) is 82.0 cm³/mol. The van der Waals surface area contributed by atoms with Crippen molar-refractivity contribution in [2.45, 2.75) is 20.0 Å². The molecule has 0 fully saturated rings. The summed E-state index contributed by atoms with van der Waals surface area (Å²) in [5.74, 6) is 0.684. The van der Waals surface area contributed by atoms with Gasteiger partial charge in [0.15, 0.2) is 0 Å². The van der Waals surface area contributed by atoms with Crippen LogP contribution in [0.15, 0.2) is 41.0 Å². The number of para-hydroxylation sites is 1. The number of methoxy groups -OCH3 is 1. The molecule has 2 aromatic rings. The minimum absolute atomic E-state index is 0.0940. The zero-order valence-corrected chi connectivity index (χ0v) is 13.1. The highest BCUT2D eigenvalue weighted by atomic mass is 79.9. The summed E-state index contributed by atoms with van der Waals surface area (Å²) >= 11 is 3.39. The molecule has 0 radical (unpaired) electrons. The number of hydrogen-bond donors (Lipinski definition) is 1. The normalized spacial score (nSPS) is 10.3. The molecule has 0 atom stereocenters. The lowest BCUT2D eigenvalue weighted by Gasteiger charge is -2.10. The molecule has 1 aromatic carbocycles. The summed E-state index contributed by atoms with van der Waals surface area (Å²) in [6, 6.07) is 9.47. The van der Waals surface area contributed by atoms with Crippen molar-refractivity contribution >= 4 is 21.8 Å². The second-order valence-electron chi connectivity index (χ2n) is 4.32. The number of hydrogen-bond acceptors (Lipinski definition) is 2. The van der Waals surface area contributed by atoms with Crippen LogP contribution < -0.4 is 10.1 Å². The standard InChI is InChI=1S/C15H17BrN2O2/c1-3-18-10-12(16)8-13(18)15(19)17-9-11-6-4-5-7-14(11)20-2/h4-8,10H,3,9H2,1-2H3,(H,17,19). The number of benzene rings is 1. The molecule has 0 aliphatic heterocycles. The monoisotopic (exact) mass is 336 g/mol. The number of nitrogens with zero attached hydrogens (tertiary/aromatic N) is 1. The maximum absolute atomic E-state index is 12.2.